The average molecular weight is 598 g/mol. The average Bonchev–Trinajstić information content (AvgIpc) is 2.91. The zero-order chi connectivity index (χ0) is 31.8. The van der Waals surface area contributed by atoms with E-state index in [-0.39, 0.29) is 54.7 Å². The van der Waals surface area contributed by atoms with E-state index in [4.69, 9.17) is 10.5 Å². The maximum atomic E-state index is 13.0. The fraction of sp³-hybridized carbons (Fsp3) is 0.786. The summed E-state index contributed by atoms with van der Waals surface area (Å²) in [5.41, 5.74) is 5.09. The molecule has 14 heteroatoms. The van der Waals surface area contributed by atoms with Gasteiger partial charge in [0.25, 0.3) is 0 Å². The van der Waals surface area contributed by atoms with E-state index in [1.807, 2.05) is 27.7 Å². The molecule has 7 N–H and O–H groups in total. The SMILES string of the molecule is CNC(=O)[C@@H](NC(=O)CN(C)C(=O)OCC1CCC(NC(=O)[C@H](CCCNC(N)=O)NC(=O)CC(C)C)CC1)C(C)C. The molecule has 0 heterocycles. The van der Waals surface area contributed by atoms with Crippen LogP contribution in [0.25, 0.3) is 0 Å². The molecule has 1 rings (SSSR count). The highest BCUT2D eigenvalue weighted by Gasteiger charge is 2.28. The minimum atomic E-state index is -0.718. The van der Waals surface area contributed by atoms with Gasteiger partial charge in [0.1, 0.15) is 18.6 Å². The standard InChI is InChI=1S/C28H51N7O7/c1-17(2)14-22(36)33-21(8-7-13-31-27(29)40)25(38)32-20-11-9-19(10-12-20)16-42-28(41)35(6)15-23(37)34-24(18(3)4)26(39)30-5/h17-21,24H,7-16H2,1-6H3,(H,30,39)(H,32,38)(H,33,36)(H,34,37)(H3,29,31,40)/t19?,20?,21-,24-/m0/s1. The first-order valence-electron chi connectivity index (χ1n) is 14.7. The van der Waals surface area contributed by atoms with E-state index in [1.54, 1.807) is 0 Å². The molecule has 42 heavy (non-hydrogen) atoms. The van der Waals surface area contributed by atoms with Gasteiger partial charge in [0.15, 0.2) is 0 Å². The molecule has 1 fully saturated rings. The molecule has 7 amide bonds. The lowest BCUT2D eigenvalue weighted by Gasteiger charge is -2.30. The van der Waals surface area contributed by atoms with E-state index in [0.29, 0.717) is 38.6 Å². The van der Waals surface area contributed by atoms with Crippen LogP contribution in [0.5, 0.6) is 0 Å². The van der Waals surface area contributed by atoms with Crippen molar-refractivity contribution in [3.8, 4) is 0 Å². The number of carbonyl (C=O) groups is 6. The van der Waals surface area contributed by atoms with Crippen LogP contribution in [0.4, 0.5) is 9.59 Å². The van der Waals surface area contributed by atoms with Crippen LogP contribution in [0.1, 0.15) is 72.6 Å². The Morgan fingerprint density at radius 3 is 2.12 bits per heavy atom. The molecule has 0 aromatic rings. The number of nitrogens with zero attached hydrogens (tertiary/aromatic N) is 1. The minimum absolute atomic E-state index is 0.0710. The maximum absolute atomic E-state index is 13.0. The lowest BCUT2D eigenvalue weighted by molar-refractivity contribution is -0.130. The Labute approximate surface area is 249 Å². The van der Waals surface area contributed by atoms with Gasteiger partial charge in [0.05, 0.1) is 6.61 Å². The van der Waals surface area contributed by atoms with Crippen LogP contribution in [0.2, 0.25) is 0 Å². The van der Waals surface area contributed by atoms with Crippen LogP contribution in [-0.4, -0.2) is 92.6 Å². The number of nitrogens with one attached hydrogen (secondary N) is 5. The smallest absolute Gasteiger partial charge is 0.409 e. The predicted molar refractivity (Wildman–Crippen MR) is 157 cm³/mol. The van der Waals surface area contributed by atoms with Gasteiger partial charge in [0.2, 0.25) is 23.6 Å². The normalized spacial score (nSPS) is 17.9. The summed E-state index contributed by atoms with van der Waals surface area (Å²) >= 11 is 0. The maximum Gasteiger partial charge on any atom is 0.409 e. The molecule has 240 valence electrons. The number of primary amides is 1. The first-order chi connectivity index (χ1) is 19.7. The van der Waals surface area contributed by atoms with Crippen LogP contribution in [-0.2, 0) is 23.9 Å². The molecule has 0 unspecified atom stereocenters. The van der Waals surface area contributed by atoms with Crippen molar-refractivity contribution >= 4 is 35.8 Å². The highest BCUT2D eigenvalue weighted by atomic mass is 16.6. The van der Waals surface area contributed by atoms with Crippen molar-refractivity contribution in [3.05, 3.63) is 0 Å². The van der Waals surface area contributed by atoms with Gasteiger partial charge in [-0.2, -0.15) is 0 Å². The number of urea groups is 1. The van der Waals surface area contributed by atoms with Crippen LogP contribution in [0.15, 0.2) is 0 Å². The summed E-state index contributed by atoms with van der Waals surface area (Å²) in [7, 11) is 2.95. The van der Waals surface area contributed by atoms with Crippen LogP contribution >= 0.6 is 0 Å². The van der Waals surface area contributed by atoms with E-state index >= 15 is 0 Å². The van der Waals surface area contributed by atoms with Crippen molar-refractivity contribution in [2.75, 3.05) is 33.8 Å². The Kier molecular flexibility index (Phi) is 16.3. The Morgan fingerprint density at radius 1 is 0.929 bits per heavy atom. The zero-order valence-electron chi connectivity index (χ0n) is 25.9. The number of ether oxygens (including phenoxy) is 1. The molecule has 1 aliphatic rings. The number of carbonyl (C=O) groups excluding carboxylic acids is 6. The van der Waals surface area contributed by atoms with Crippen LogP contribution in [0.3, 0.4) is 0 Å². The summed E-state index contributed by atoms with van der Waals surface area (Å²) in [6.07, 6.45) is 3.36. The predicted octanol–water partition coefficient (Wildman–Crippen LogP) is 0.596. The van der Waals surface area contributed by atoms with Crippen molar-refractivity contribution in [3.63, 3.8) is 0 Å². The molecule has 0 bridgehead atoms. The number of hydrogen-bond acceptors (Lipinski definition) is 7. The summed E-state index contributed by atoms with van der Waals surface area (Å²) in [6, 6.07) is -2.13. The van der Waals surface area contributed by atoms with Crippen molar-refractivity contribution < 1.29 is 33.5 Å². The molecule has 0 aromatic heterocycles. The molecule has 0 spiro atoms. The summed E-state index contributed by atoms with van der Waals surface area (Å²) in [4.78, 5) is 74.2. The Balaban J connectivity index is 2.50. The number of likely N-dealkylation sites (N-methyl/N-ethyl adjacent to an activating group) is 2. The summed E-state index contributed by atoms with van der Waals surface area (Å²) in [5.74, 6) is -1.09. The second kappa shape index (κ2) is 18.8. The summed E-state index contributed by atoms with van der Waals surface area (Å²) in [5, 5.41) is 13.5. The fourth-order valence-corrected chi connectivity index (χ4v) is 4.67. The summed E-state index contributed by atoms with van der Waals surface area (Å²) < 4.78 is 5.42. The van der Waals surface area contributed by atoms with E-state index in [1.165, 1.54) is 14.1 Å². The lowest BCUT2D eigenvalue weighted by Crippen LogP contribution is -2.51. The molecule has 1 saturated carbocycles. The molecule has 1 aliphatic carbocycles. The molecule has 0 saturated heterocycles. The van der Waals surface area contributed by atoms with Crippen molar-refractivity contribution in [1.82, 2.24) is 31.5 Å². The molecule has 14 nitrogen and oxygen atoms in total. The molecule has 0 aliphatic heterocycles. The Bertz CT molecular complexity index is 920. The monoisotopic (exact) mass is 597 g/mol. The number of nitrogens with two attached hydrogens (primary N) is 1. The van der Waals surface area contributed by atoms with Gasteiger partial charge in [-0.25, -0.2) is 9.59 Å². The van der Waals surface area contributed by atoms with Gasteiger partial charge in [-0.05, 0) is 56.3 Å². The minimum Gasteiger partial charge on any atom is -0.449 e. The lowest BCUT2D eigenvalue weighted by atomic mass is 9.86. The third-order valence-electron chi connectivity index (χ3n) is 7.05. The van der Waals surface area contributed by atoms with Gasteiger partial charge >= 0.3 is 12.1 Å². The van der Waals surface area contributed by atoms with E-state index in [9.17, 15) is 28.8 Å². The summed E-state index contributed by atoms with van der Waals surface area (Å²) in [6.45, 7) is 7.73. The van der Waals surface area contributed by atoms with Gasteiger partial charge in [-0.3, -0.25) is 19.2 Å². The zero-order valence-corrected chi connectivity index (χ0v) is 25.9. The fourth-order valence-electron chi connectivity index (χ4n) is 4.67. The number of amides is 7. The highest BCUT2D eigenvalue weighted by molar-refractivity contribution is 5.89. The van der Waals surface area contributed by atoms with Crippen LogP contribution < -0.4 is 32.3 Å². The third-order valence-corrected chi connectivity index (χ3v) is 7.05. The Morgan fingerprint density at radius 2 is 1.57 bits per heavy atom. The van der Waals surface area contributed by atoms with Gasteiger partial charge in [-0.1, -0.05) is 27.7 Å². The molecule has 0 radical (unpaired) electrons. The Hall–Kier alpha value is -3.58. The quantitative estimate of drug-likeness (QED) is 0.140. The first-order valence-corrected chi connectivity index (χ1v) is 14.7. The largest absolute Gasteiger partial charge is 0.449 e. The van der Waals surface area contributed by atoms with E-state index in [2.05, 4.69) is 26.6 Å². The molecular formula is C28H51N7O7. The third kappa shape index (κ3) is 14.4. The first kappa shape index (κ1) is 36.4. The van der Waals surface area contributed by atoms with Gasteiger partial charge in [0, 0.05) is 33.1 Å². The second-order valence-electron chi connectivity index (χ2n) is 11.7. The molecule has 0 aromatic carbocycles. The van der Waals surface area contributed by atoms with E-state index in [0.717, 1.165) is 17.7 Å². The van der Waals surface area contributed by atoms with Gasteiger partial charge in [-0.15, -0.1) is 0 Å². The van der Waals surface area contributed by atoms with Crippen molar-refractivity contribution in [2.24, 2.45) is 23.5 Å². The highest BCUT2D eigenvalue weighted by Crippen LogP contribution is 2.25. The van der Waals surface area contributed by atoms with Crippen LogP contribution in [0, 0.1) is 17.8 Å². The molecular weight excluding hydrogens is 546 g/mol. The topological polar surface area (TPSA) is 201 Å². The van der Waals surface area contributed by atoms with E-state index < -0.39 is 30.1 Å². The van der Waals surface area contributed by atoms with Gasteiger partial charge < -0.3 is 42.0 Å². The number of rotatable bonds is 16. The molecule has 2 atom stereocenters. The van der Waals surface area contributed by atoms with Crippen molar-refractivity contribution in [2.45, 2.75) is 90.8 Å². The van der Waals surface area contributed by atoms with Crippen molar-refractivity contribution in [1.29, 1.82) is 0 Å². The second-order valence-corrected chi connectivity index (χ2v) is 11.7. The number of hydrogen-bond donors (Lipinski definition) is 6.